The van der Waals surface area contributed by atoms with Gasteiger partial charge in [0.25, 0.3) is 0 Å². The lowest BCUT2D eigenvalue weighted by Crippen LogP contribution is -2.27. The predicted molar refractivity (Wildman–Crippen MR) is 84.6 cm³/mol. The van der Waals surface area contributed by atoms with E-state index in [1.54, 1.807) is 24.3 Å². The van der Waals surface area contributed by atoms with Crippen molar-refractivity contribution in [3.8, 4) is 11.5 Å². The molecule has 2 aromatic rings. The zero-order valence-corrected chi connectivity index (χ0v) is 13.9. The van der Waals surface area contributed by atoms with Crippen molar-refractivity contribution in [2.75, 3.05) is 21.3 Å². The van der Waals surface area contributed by atoms with Gasteiger partial charge < -0.3 is 9.47 Å². The minimum Gasteiger partial charge on any atom is -0.497 e. The fourth-order valence-electron chi connectivity index (χ4n) is 2.13. The fourth-order valence-corrected chi connectivity index (χ4v) is 3.45. The summed E-state index contributed by atoms with van der Waals surface area (Å²) in [6, 6.07) is 10.5. The van der Waals surface area contributed by atoms with Crippen molar-refractivity contribution in [2.24, 2.45) is 0 Å². The molecule has 0 heterocycles. The van der Waals surface area contributed by atoms with Gasteiger partial charge in [0, 0.05) is 13.6 Å². The smallest absolute Gasteiger partial charge is 0.246 e. The standard InChI is InChI=1S/C16H18FNO4S/c1-18(11-12-5-4-6-14(9-12)21-2)23(19,20)16-10-13(17)7-8-15(16)22-3/h4-10H,11H2,1-3H3. The number of hydrogen-bond donors (Lipinski definition) is 0. The largest absolute Gasteiger partial charge is 0.497 e. The van der Waals surface area contributed by atoms with E-state index < -0.39 is 15.8 Å². The highest BCUT2D eigenvalue weighted by atomic mass is 32.2. The van der Waals surface area contributed by atoms with Crippen molar-refractivity contribution in [2.45, 2.75) is 11.4 Å². The maximum absolute atomic E-state index is 13.4. The summed E-state index contributed by atoms with van der Waals surface area (Å²) >= 11 is 0. The second-order valence-corrected chi connectivity index (χ2v) is 6.92. The maximum atomic E-state index is 13.4. The third-order valence-corrected chi connectivity index (χ3v) is 5.18. The summed E-state index contributed by atoms with van der Waals surface area (Å²) < 4.78 is 50.1. The van der Waals surface area contributed by atoms with E-state index in [9.17, 15) is 12.8 Å². The van der Waals surface area contributed by atoms with Crippen LogP contribution in [-0.2, 0) is 16.6 Å². The highest BCUT2D eigenvalue weighted by molar-refractivity contribution is 7.89. The Balaban J connectivity index is 2.33. The zero-order valence-electron chi connectivity index (χ0n) is 13.1. The Kier molecular flexibility index (Phi) is 5.23. The summed E-state index contributed by atoms with van der Waals surface area (Å²) in [6.07, 6.45) is 0. The summed E-state index contributed by atoms with van der Waals surface area (Å²) in [5.41, 5.74) is 0.755. The van der Waals surface area contributed by atoms with Gasteiger partial charge in [-0.1, -0.05) is 12.1 Å². The van der Waals surface area contributed by atoms with Crippen LogP contribution < -0.4 is 9.47 Å². The topological polar surface area (TPSA) is 55.8 Å². The monoisotopic (exact) mass is 339 g/mol. The number of halogens is 1. The third-order valence-electron chi connectivity index (χ3n) is 3.35. The lowest BCUT2D eigenvalue weighted by atomic mass is 10.2. The van der Waals surface area contributed by atoms with Gasteiger partial charge in [0.2, 0.25) is 10.0 Å². The Morgan fingerprint density at radius 1 is 1.09 bits per heavy atom. The number of rotatable bonds is 6. The van der Waals surface area contributed by atoms with Crippen LogP contribution in [0.1, 0.15) is 5.56 Å². The molecule has 7 heteroatoms. The number of benzene rings is 2. The summed E-state index contributed by atoms with van der Waals surface area (Å²) in [6.45, 7) is 0.124. The third kappa shape index (κ3) is 3.80. The molecule has 2 aromatic carbocycles. The van der Waals surface area contributed by atoms with E-state index in [1.807, 2.05) is 0 Å². The molecule has 0 bridgehead atoms. The molecule has 0 unspecified atom stereocenters. The molecule has 0 amide bonds. The second-order valence-electron chi connectivity index (χ2n) is 4.91. The summed E-state index contributed by atoms with van der Waals surface area (Å²) in [7, 11) is 0.416. The van der Waals surface area contributed by atoms with Crippen LogP contribution in [0.2, 0.25) is 0 Å². The molecule has 0 atom stereocenters. The summed E-state index contributed by atoms with van der Waals surface area (Å²) in [5, 5.41) is 0. The van der Waals surface area contributed by atoms with Gasteiger partial charge in [-0.25, -0.2) is 12.8 Å². The summed E-state index contributed by atoms with van der Waals surface area (Å²) in [5.74, 6) is 0.0969. The number of methoxy groups -OCH3 is 2. The molecule has 124 valence electrons. The van der Waals surface area contributed by atoms with E-state index in [0.29, 0.717) is 5.75 Å². The molecule has 2 rings (SSSR count). The molecule has 0 aromatic heterocycles. The molecule has 0 saturated heterocycles. The summed E-state index contributed by atoms with van der Waals surface area (Å²) in [4.78, 5) is -0.203. The van der Waals surface area contributed by atoms with E-state index in [0.717, 1.165) is 22.0 Å². The molecule has 0 aliphatic carbocycles. The van der Waals surface area contributed by atoms with Crippen LogP contribution in [0.15, 0.2) is 47.4 Å². The van der Waals surface area contributed by atoms with E-state index >= 15 is 0 Å². The van der Waals surface area contributed by atoms with Gasteiger partial charge in [-0.15, -0.1) is 0 Å². The predicted octanol–water partition coefficient (Wildman–Crippen LogP) is 2.66. The SMILES string of the molecule is COc1cccc(CN(C)S(=O)(=O)c2cc(F)ccc2OC)c1. The Bertz CT molecular complexity index is 792. The molecule has 23 heavy (non-hydrogen) atoms. The lowest BCUT2D eigenvalue weighted by molar-refractivity contribution is 0.395. The molecule has 0 radical (unpaired) electrons. The van der Waals surface area contributed by atoms with Crippen molar-refractivity contribution in [1.29, 1.82) is 0 Å². The average Bonchev–Trinajstić information content (AvgIpc) is 2.54. The van der Waals surface area contributed by atoms with Gasteiger partial charge in [-0.05, 0) is 35.9 Å². The molecule has 0 aliphatic heterocycles. The van der Waals surface area contributed by atoms with Gasteiger partial charge in [-0.2, -0.15) is 4.31 Å². The molecule has 0 N–H and O–H groups in total. The first kappa shape index (κ1) is 17.2. The Hall–Kier alpha value is -2.12. The zero-order chi connectivity index (χ0) is 17.0. The van der Waals surface area contributed by atoms with Crippen LogP contribution in [0.4, 0.5) is 4.39 Å². The van der Waals surface area contributed by atoms with Crippen molar-refractivity contribution in [3.63, 3.8) is 0 Å². The van der Waals surface area contributed by atoms with Crippen LogP contribution in [0, 0.1) is 5.82 Å². The highest BCUT2D eigenvalue weighted by Gasteiger charge is 2.25. The second kappa shape index (κ2) is 6.97. The number of nitrogens with zero attached hydrogens (tertiary/aromatic N) is 1. The first-order valence-corrected chi connectivity index (χ1v) is 8.25. The molecule has 0 aliphatic rings. The van der Waals surface area contributed by atoms with E-state index in [4.69, 9.17) is 9.47 Å². The molecule has 0 fully saturated rings. The molecule has 0 spiro atoms. The van der Waals surface area contributed by atoms with Crippen molar-refractivity contribution < 1.29 is 22.3 Å². The number of sulfonamides is 1. The van der Waals surface area contributed by atoms with Gasteiger partial charge >= 0.3 is 0 Å². The van der Waals surface area contributed by atoms with E-state index in [1.165, 1.54) is 27.3 Å². The molecular weight excluding hydrogens is 321 g/mol. The lowest BCUT2D eigenvalue weighted by Gasteiger charge is -2.19. The highest BCUT2D eigenvalue weighted by Crippen LogP contribution is 2.28. The van der Waals surface area contributed by atoms with Gasteiger partial charge in [0.1, 0.15) is 22.2 Å². The van der Waals surface area contributed by atoms with Gasteiger partial charge in [-0.3, -0.25) is 0 Å². The minimum absolute atomic E-state index is 0.101. The first-order valence-electron chi connectivity index (χ1n) is 6.81. The Labute approximate surface area is 135 Å². The molecule has 5 nitrogen and oxygen atoms in total. The normalized spacial score (nSPS) is 11.5. The Morgan fingerprint density at radius 3 is 2.48 bits per heavy atom. The van der Waals surface area contributed by atoms with Crippen LogP contribution in [0.25, 0.3) is 0 Å². The maximum Gasteiger partial charge on any atom is 0.246 e. The van der Waals surface area contributed by atoms with Gasteiger partial charge in [0.05, 0.1) is 14.2 Å². The minimum atomic E-state index is -3.89. The average molecular weight is 339 g/mol. The van der Waals surface area contributed by atoms with Crippen molar-refractivity contribution in [1.82, 2.24) is 4.31 Å². The van der Waals surface area contributed by atoms with Crippen LogP contribution in [0.3, 0.4) is 0 Å². The van der Waals surface area contributed by atoms with Gasteiger partial charge in [0.15, 0.2) is 0 Å². The van der Waals surface area contributed by atoms with Crippen molar-refractivity contribution in [3.05, 3.63) is 53.8 Å². The van der Waals surface area contributed by atoms with Crippen LogP contribution in [-0.4, -0.2) is 34.0 Å². The quantitative estimate of drug-likeness (QED) is 0.812. The Morgan fingerprint density at radius 2 is 1.83 bits per heavy atom. The van der Waals surface area contributed by atoms with E-state index in [2.05, 4.69) is 0 Å². The first-order chi connectivity index (χ1) is 10.9. The fraction of sp³-hybridized carbons (Fsp3) is 0.250. The number of hydrogen-bond acceptors (Lipinski definition) is 4. The van der Waals surface area contributed by atoms with E-state index in [-0.39, 0.29) is 17.2 Å². The van der Waals surface area contributed by atoms with Crippen molar-refractivity contribution >= 4 is 10.0 Å². The molecule has 0 saturated carbocycles. The molecular formula is C16H18FNO4S. The van der Waals surface area contributed by atoms with Crippen LogP contribution in [0.5, 0.6) is 11.5 Å². The van der Waals surface area contributed by atoms with Crippen LogP contribution >= 0.6 is 0 Å². The number of ether oxygens (including phenoxy) is 2.